The van der Waals surface area contributed by atoms with E-state index in [0.29, 0.717) is 6.54 Å². The molecule has 0 spiro atoms. The van der Waals surface area contributed by atoms with Crippen molar-refractivity contribution in [1.29, 1.82) is 0 Å². The average Bonchev–Trinajstić information content (AvgIpc) is 2.73. The van der Waals surface area contributed by atoms with E-state index in [-0.39, 0.29) is 11.9 Å². The van der Waals surface area contributed by atoms with Crippen LogP contribution < -0.4 is 5.32 Å². The summed E-state index contributed by atoms with van der Waals surface area (Å²) in [6, 6.07) is 20.7. The van der Waals surface area contributed by atoms with Crippen LogP contribution in [0.1, 0.15) is 18.1 Å². The highest BCUT2D eigenvalue weighted by Crippen LogP contribution is 2.12. The van der Waals surface area contributed by atoms with Crippen LogP contribution in [0.5, 0.6) is 0 Å². The minimum absolute atomic E-state index is 0.00910. The van der Waals surface area contributed by atoms with Crippen molar-refractivity contribution in [2.24, 2.45) is 0 Å². The smallest absolute Gasteiger partial charge is 0.246 e. The van der Waals surface area contributed by atoms with Gasteiger partial charge in [-0.2, -0.15) is 0 Å². The molecule has 4 heteroatoms. The van der Waals surface area contributed by atoms with Crippen LogP contribution in [0.3, 0.4) is 0 Å². The van der Waals surface area contributed by atoms with Crippen molar-refractivity contribution in [3.05, 3.63) is 77.4 Å². The Balaban J connectivity index is 1.62. The number of nitrogens with zero attached hydrogens (tertiary/aromatic N) is 1. The molecule has 0 aliphatic carbocycles. The molecule has 0 bridgehead atoms. The third-order valence-corrected chi connectivity index (χ3v) is 4.92. The van der Waals surface area contributed by atoms with E-state index in [2.05, 4.69) is 34.5 Å². The predicted molar refractivity (Wildman–Crippen MR) is 109 cm³/mol. The lowest BCUT2D eigenvalue weighted by Gasteiger charge is -2.34. The first-order chi connectivity index (χ1) is 13.2. The Morgan fingerprint density at radius 1 is 1.07 bits per heavy atom. The third-order valence-electron chi connectivity index (χ3n) is 4.92. The zero-order valence-corrected chi connectivity index (χ0v) is 15.9. The molecule has 27 heavy (non-hydrogen) atoms. The zero-order valence-electron chi connectivity index (χ0n) is 15.9. The molecule has 1 unspecified atom stereocenters. The SMILES string of the molecule is C/C(=C\c1ccccc1)C(=O)NCC(Cc1ccccc1)N1CCOCC1. The second kappa shape index (κ2) is 10.0. The first-order valence-electron chi connectivity index (χ1n) is 9.59. The standard InChI is InChI=1S/C23H28N2O2/c1-19(16-20-8-4-2-5-9-20)23(26)24-18-22(25-12-14-27-15-13-25)17-21-10-6-3-7-11-21/h2-11,16,22H,12-15,17-18H2,1H3,(H,24,26)/b19-16+. The van der Waals surface area contributed by atoms with Gasteiger partial charge in [-0.3, -0.25) is 9.69 Å². The molecule has 0 radical (unpaired) electrons. The molecule has 2 aromatic rings. The molecule has 142 valence electrons. The van der Waals surface area contributed by atoms with Crippen LogP contribution in [0.2, 0.25) is 0 Å². The molecule has 1 aliphatic heterocycles. The highest BCUT2D eigenvalue weighted by molar-refractivity contribution is 5.97. The normalized spacial score (nSPS) is 16.7. The molecule has 0 saturated carbocycles. The van der Waals surface area contributed by atoms with Crippen molar-refractivity contribution in [3.63, 3.8) is 0 Å². The fourth-order valence-corrected chi connectivity index (χ4v) is 3.37. The number of benzene rings is 2. The molecule has 1 amide bonds. The molecule has 1 saturated heterocycles. The molecule has 1 heterocycles. The average molecular weight is 364 g/mol. The minimum atomic E-state index is -0.00910. The molecule has 0 aromatic heterocycles. The molecule has 3 rings (SSSR count). The molecule has 1 N–H and O–H groups in total. The van der Waals surface area contributed by atoms with Crippen LogP contribution >= 0.6 is 0 Å². The Bertz CT molecular complexity index is 737. The van der Waals surface area contributed by atoms with E-state index in [1.54, 1.807) is 0 Å². The van der Waals surface area contributed by atoms with E-state index in [1.165, 1.54) is 5.56 Å². The zero-order chi connectivity index (χ0) is 18.9. The predicted octanol–water partition coefficient (Wildman–Crippen LogP) is 3.15. The second-order valence-corrected chi connectivity index (χ2v) is 6.94. The summed E-state index contributed by atoms with van der Waals surface area (Å²) in [5, 5.41) is 3.13. The molecule has 2 aromatic carbocycles. The monoisotopic (exact) mass is 364 g/mol. The van der Waals surface area contributed by atoms with E-state index in [9.17, 15) is 4.79 Å². The summed E-state index contributed by atoms with van der Waals surface area (Å²) < 4.78 is 5.49. The van der Waals surface area contributed by atoms with Gasteiger partial charge in [-0.25, -0.2) is 0 Å². The number of carbonyl (C=O) groups is 1. The van der Waals surface area contributed by atoms with Crippen LogP contribution in [0.15, 0.2) is 66.2 Å². The molecule has 1 atom stereocenters. The Hall–Kier alpha value is -2.43. The van der Waals surface area contributed by atoms with Gasteiger partial charge in [0.2, 0.25) is 5.91 Å². The summed E-state index contributed by atoms with van der Waals surface area (Å²) in [6.45, 7) is 5.83. The number of nitrogens with one attached hydrogen (secondary N) is 1. The van der Waals surface area contributed by atoms with Crippen molar-refractivity contribution in [3.8, 4) is 0 Å². The van der Waals surface area contributed by atoms with Crippen LogP contribution in [0.4, 0.5) is 0 Å². The molecular weight excluding hydrogens is 336 g/mol. The Labute approximate surface area is 161 Å². The maximum Gasteiger partial charge on any atom is 0.246 e. The van der Waals surface area contributed by atoms with Crippen LogP contribution in [-0.4, -0.2) is 49.7 Å². The quantitative estimate of drug-likeness (QED) is 0.768. The van der Waals surface area contributed by atoms with Gasteiger partial charge in [0.15, 0.2) is 0 Å². The van der Waals surface area contributed by atoms with Crippen molar-refractivity contribution in [1.82, 2.24) is 10.2 Å². The Kier molecular flexibility index (Phi) is 7.19. The number of amides is 1. The summed E-state index contributed by atoms with van der Waals surface area (Å²) >= 11 is 0. The van der Waals surface area contributed by atoms with Crippen molar-refractivity contribution >= 4 is 12.0 Å². The van der Waals surface area contributed by atoms with Crippen LogP contribution in [-0.2, 0) is 16.0 Å². The maximum absolute atomic E-state index is 12.6. The summed E-state index contributed by atoms with van der Waals surface area (Å²) in [7, 11) is 0. The van der Waals surface area contributed by atoms with Gasteiger partial charge in [0.1, 0.15) is 0 Å². The molecule has 1 fully saturated rings. The summed E-state index contributed by atoms with van der Waals surface area (Å²) in [5.74, 6) is -0.00910. The number of rotatable bonds is 7. The van der Waals surface area contributed by atoms with E-state index < -0.39 is 0 Å². The number of hydrogen-bond acceptors (Lipinski definition) is 3. The van der Waals surface area contributed by atoms with Gasteiger partial charge in [-0.15, -0.1) is 0 Å². The van der Waals surface area contributed by atoms with Gasteiger partial charge in [0.25, 0.3) is 0 Å². The first kappa shape index (κ1) is 19.3. The number of morpholine rings is 1. The minimum Gasteiger partial charge on any atom is -0.379 e. The number of carbonyl (C=O) groups excluding carboxylic acids is 1. The molecular formula is C23H28N2O2. The highest BCUT2D eigenvalue weighted by atomic mass is 16.5. The van der Waals surface area contributed by atoms with Crippen LogP contribution in [0.25, 0.3) is 6.08 Å². The fourth-order valence-electron chi connectivity index (χ4n) is 3.37. The van der Waals surface area contributed by atoms with Gasteiger partial charge < -0.3 is 10.1 Å². The topological polar surface area (TPSA) is 41.6 Å². The lowest BCUT2D eigenvalue weighted by atomic mass is 10.0. The molecule has 4 nitrogen and oxygen atoms in total. The van der Waals surface area contributed by atoms with Crippen molar-refractivity contribution in [2.45, 2.75) is 19.4 Å². The first-order valence-corrected chi connectivity index (χ1v) is 9.59. The van der Waals surface area contributed by atoms with E-state index in [4.69, 9.17) is 4.74 Å². The second-order valence-electron chi connectivity index (χ2n) is 6.94. The summed E-state index contributed by atoms with van der Waals surface area (Å²) in [5.41, 5.74) is 3.06. The van der Waals surface area contributed by atoms with Gasteiger partial charge in [-0.05, 0) is 30.5 Å². The van der Waals surface area contributed by atoms with Crippen molar-refractivity contribution in [2.75, 3.05) is 32.8 Å². The Morgan fingerprint density at radius 3 is 2.37 bits per heavy atom. The van der Waals surface area contributed by atoms with Gasteiger partial charge in [-0.1, -0.05) is 60.7 Å². The fraction of sp³-hybridized carbons (Fsp3) is 0.348. The summed E-state index contributed by atoms with van der Waals surface area (Å²) in [6.07, 6.45) is 2.85. The van der Waals surface area contributed by atoms with Gasteiger partial charge >= 0.3 is 0 Å². The van der Waals surface area contributed by atoms with E-state index >= 15 is 0 Å². The highest BCUT2D eigenvalue weighted by Gasteiger charge is 2.22. The van der Waals surface area contributed by atoms with Crippen molar-refractivity contribution < 1.29 is 9.53 Å². The Morgan fingerprint density at radius 2 is 1.70 bits per heavy atom. The van der Waals surface area contributed by atoms with E-state index in [0.717, 1.165) is 43.9 Å². The van der Waals surface area contributed by atoms with Crippen LogP contribution in [0, 0.1) is 0 Å². The lowest BCUT2D eigenvalue weighted by Crippen LogP contribution is -2.49. The maximum atomic E-state index is 12.6. The van der Waals surface area contributed by atoms with E-state index in [1.807, 2.05) is 49.4 Å². The largest absolute Gasteiger partial charge is 0.379 e. The molecule has 1 aliphatic rings. The third kappa shape index (κ3) is 6.05. The lowest BCUT2D eigenvalue weighted by molar-refractivity contribution is -0.117. The number of ether oxygens (including phenoxy) is 1. The summed E-state index contributed by atoms with van der Waals surface area (Å²) in [4.78, 5) is 15.0. The van der Waals surface area contributed by atoms with Gasteiger partial charge in [0, 0.05) is 31.2 Å². The van der Waals surface area contributed by atoms with Gasteiger partial charge in [0.05, 0.1) is 13.2 Å². The number of hydrogen-bond donors (Lipinski definition) is 1.